The quantitative estimate of drug-likeness (QED) is 0.613. The average Bonchev–Trinajstić information content (AvgIpc) is 2.69. The van der Waals surface area contributed by atoms with E-state index in [0.717, 1.165) is 41.8 Å². The molecule has 2 amide bonds. The van der Waals surface area contributed by atoms with Crippen molar-refractivity contribution in [1.82, 2.24) is 4.90 Å². The van der Waals surface area contributed by atoms with Crippen molar-refractivity contribution in [3.05, 3.63) is 59.7 Å². The van der Waals surface area contributed by atoms with E-state index in [1.54, 1.807) is 0 Å². The molecule has 0 bridgehead atoms. The number of amides is 2. The lowest BCUT2D eigenvalue weighted by Crippen LogP contribution is -2.40. The summed E-state index contributed by atoms with van der Waals surface area (Å²) in [5.74, 6) is 0.326. The van der Waals surface area contributed by atoms with E-state index < -0.39 is 5.41 Å². The van der Waals surface area contributed by atoms with Gasteiger partial charge in [-0.1, -0.05) is 57.5 Å². The Morgan fingerprint density at radius 3 is 2.25 bits per heavy atom. The van der Waals surface area contributed by atoms with Crippen molar-refractivity contribution in [3.63, 3.8) is 0 Å². The van der Waals surface area contributed by atoms with Gasteiger partial charge in [0.15, 0.2) is 0 Å². The van der Waals surface area contributed by atoms with E-state index in [0.29, 0.717) is 6.54 Å². The zero-order valence-electron chi connectivity index (χ0n) is 20.3. The standard InChI is InChI=1S/C27H37N3O2/c1-19(20-11-8-7-9-12-20)30(26(32)27(2,3)4)18-22-17-23(15-16-24(22)29(5)6)28-25(31)21-13-10-14-21/h7-9,11-12,15-17,19,21H,10,13-14,18H2,1-6H3,(H,28,31)/t19-/m0/s1. The van der Waals surface area contributed by atoms with Crippen LogP contribution in [0.1, 0.15) is 64.1 Å². The summed E-state index contributed by atoms with van der Waals surface area (Å²) in [6.07, 6.45) is 3.07. The maximum absolute atomic E-state index is 13.5. The van der Waals surface area contributed by atoms with E-state index in [9.17, 15) is 9.59 Å². The van der Waals surface area contributed by atoms with Gasteiger partial charge in [0, 0.05) is 43.3 Å². The summed E-state index contributed by atoms with van der Waals surface area (Å²) in [5, 5.41) is 3.08. The third kappa shape index (κ3) is 5.50. The number of benzene rings is 2. The van der Waals surface area contributed by atoms with E-state index >= 15 is 0 Å². The lowest BCUT2D eigenvalue weighted by atomic mass is 9.85. The Morgan fingerprint density at radius 1 is 1.06 bits per heavy atom. The van der Waals surface area contributed by atoms with Gasteiger partial charge in [0.1, 0.15) is 0 Å². The van der Waals surface area contributed by atoms with Gasteiger partial charge in [0.2, 0.25) is 11.8 Å². The molecule has 0 radical (unpaired) electrons. The number of hydrogen-bond donors (Lipinski definition) is 1. The normalized spacial score (nSPS) is 14.9. The molecule has 5 heteroatoms. The molecule has 1 aliphatic carbocycles. The van der Waals surface area contributed by atoms with Crippen LogP contribution in [0.2, 0.25) is 0 Å². The first-order valence-electron chi connectivity index (χ1n) is 11.5. The first-order chi connectivity index (χ1) is 15.1. The van der Waals surface area contributed by atoms with Gasteiger partial charge < -0.3 is 15.1 Å². The number of nitrogens with zero attached hydrogens (tertiary/aromatic N) is 2. The number of hydrogen-bond acceptors (Lipinski definition) is 3. The molecule has 1 fully saturated rings. The van der Waals surface area contributed by atoms with Gasteiger partial charge in [-0.25, -0.2) is 0 Å². The Bertz CT molecular complexity index is 943. The van der Waals surface area contributed by atoms with Gasteiger partial charge in [0.05, 0.1) is 6.04 Å². The molecule has 1 saturated carbocycles. The highest BCUT2D eigenvalue weighted by molar-refractivity contribution is 5.93. The van der Waals surface area contributed by atoms with Crippen molar-refractivity contribution in [2.75, 3.05) is 24.3 Å². The highest BCUT2D eigenvalue weighted by Crippen LogP contribution is 2.33. The molecule has 172 valence electrons. The highest BCUT2D eigenvalue weighted by atomic mass is 16.2. The summed E-state index contributed by atoms with van der Waals surface area (Å²) >= 11 is 0. The molecule has 0 unspecified atom stereocenters. The molecule has 0 heterocycles. The third-order valence-corrected chi connectivity index (χ3v) is 6.30. The van der Waals surface area contributed by atoms with Crippen molar-refractivity contribution >= 4 is 23.2 Å². The summed E-state index contributed by atoms with van der Waals surface area (Å²) in [5.41, 5.74) is 3.45. The van der Waals surface area contributed by atoms with Crippen LogP contribution in [0.25, 0.3) is 0 Å². The lowest BCUT2D eigenvalue weighted by Gasteiger charge is -2.36. The zero-order valence-corrected chi connectivity index (χ0v) is 20.3. The monoisotopic (exact) mass is 435 g/mol. The van der Waals surface area contributed by atoms with Crippen LogP contribution in [0.15, 0.2) is 48.5 Å². The second-order valence-electron chi connectivity index (χ2n) is 10.1. The third-order valence-electron chi connectivity index (χ3n) is 6.30. The van der Waals surface area contributed by atoms with Crippen LogP contribution in [0.3, 0.4) is 0 Å². The van der Waals surface area contributed by atoms with Gasteiger partial charge in [-0.15, -0.1) is 0 Å². The predicted octanol–water partition coefficient (Wildman–Crippen LogP) is 5.63. The molecule has 32 heavy (non-hydrogen) atoms. The highest BCUT2D eigenvalue weighted by Gasteiger charge is 2.32. The van der Waals surface area contributed by atoms with Gasteiger partial charge in [0.25, 0.3) is 0 Å². The molecule has 0 aromatic heterocycles. The molecule has 2 aromatic rings. The van der Waals surface area contributed by atoms with Crippen LogP contribution >= 0.6 is 0 Å². The maximum atomic E-state index is 13.5. The van der Waals surface area contributed by atoms with Crippen molar-refractivity contribution in [3.8, 4) is 0 Å². The van der Waals surface area contributed by atoms with Gasteiger partial charge in [-0.3, -0.25) is 9.59 Å². The number of carbonyl (C=O) groups is 2. The lowest BCUT2D eigenvalue weighted by molar-refractivity contribution is -0.142. The fraction of sp³-hybridized carbons (Fsp3) is 0.481. The van der Waals surface area contributed by atoms with E-state index in [2.05, 4.69) is 29.3 Å². The SMILES string of the molecule is C[C@@H](c1ccccc1)N(Cc1cc(NC(=O)C2CCC2)ccc1N(C)C)C(=O)C(C)(C)C. The Hall–Kier alpha value is -2.82. The van der Waals surface area contributed by atoms with Gasteiger partial charge in [-0.2, -0.15) is 0 Å². The van der Waals surface area contributed by atoms with Crippen molar-refractivity contribution in [2.24, 2.45) is 11.3 Å². The van der Waals surface area contributed by atoms with Crippen LogP contribution in [0, 0.1) is 11.3 Å². The molecule has 1 aliphatic rings. The molecule has 0 aliphatic heterocycles. The number of anilines is 2. The smallest absolute Gasteiger partial charge is 0.228 e. The Balaban J connectivity index is 1.94. The first-order valence-corrected chi connectivity index (χ1v) is 11.5. The Labute approximate surface area is 192 Å². The summed E-state index contributed by atoms with van der Waals surface area (Å²) in [7, 11) is 4.00. The molecule has 0 saturated heterocycles. The molecule has 2 aromatic carbocycles. The minimum absolute atomic E-state index is 0.0776. The van der Waals surface area contributed by atoms with Crippen LogP contribution < -0.4 is 10.2 Å². The second-order valence-corrected chi connectivity index (χ2v) is 10.1. The molecule has 1 N–H and O–H groups in total. The van der Waals surface area contributed by atoms with Crippen LogP contribution in [0.5, 0.6) is 0 Å². The first kappa shape index (κ1) is 23.8. The number of rotatable bonds is 7. The molecular formula is C27H37N3O2. The summed E-state index contributed by atoms with van der Waals surface area (Å²) < 4.78 is 0. The van der Waals surface area contributed by atoms with E-state index in [4.69, 9.17) is 0 Å². The van der Waals surface area contributed by atoms with Crippen molar-refractivity contribution in [2.45, 2.75) is 59.5 Å². The molecule has 1 atom stereocenters. The van der Waals surface area contributed by atoms with Crippen molar-refractivity contribution < 1.29 is 9.59 Å². The maximum Gasteiger partial charge on any atom is 0.228 e. The molecule has 3 rings (SSSR count). The summed E-state index contributed by atoms with van der Waals surface area (Å²) in [6.45, 7) is 8.43. The fourth-order valence-corrected chi connectivity index (χ4v) is 4.05. The van der Waals surface area contributed by atoms with Crippen molar-refractivity contribution in [1.29, 1.82) is 0 Å². The van der Waals surface area contributed by atoms with E-state index in [-0.39, 0.29) is 23.8 Å². The van der Waals surface area contributed by atoms with Gasteiger partial charge in [-0.05, 0) is 49.1 Å². The minimum atomic E-state index is -0.503. The largest absolute Gasteiger partial charge is 0.377 e. The van der Waals surface area contributed by atoms with E-state index in [1.165, 1.54) is 0 Å². The zero-order chi connectivity index (χ0) is 23.5. The van der Waals surface area contributed by atoms with Gasteiger partial charge >= 0.3 is 0 Å². The molecule has 5 nitrogen and oxygen atoms in total. The number of nitrogens with one attached hydrogen (secondary N) is 1. The fourth-order valence-electron chi connectivity index (χ4n) is 4.05. The van der Waals surface area contributed by atoms with Crippen LogP contribution in [-0.2, 0) is 16.1 Å². The predicted molar refractivity (Wildman–Crippen MR) is 132 cm³/mol. The van der Waals surface area contributed by atoms with Crippen LogP contribution in [0.4, 0.5) is 11.4 Å². The topological polar surface area (TPSA) is 52.7 Å². The Morgan fingerprint density at radius 2 is 1.72 bits per heavy atom. The Kier molecular flexibility index (Phi) is 7.27. The second kappa shape index (κ2) is 9.76. The summed E-state index contributed by atoms with van der Waals surface area (Å²) in [6, 6.07) is 16.1. The summed E-state index contributed by atoms with van der Waals surface area (Å²) in [4.78, 5) is 30.0. The molecule has 0 spiro atoms. The average molecular weight is 436 g/mol. The van der Waals surface area contributed by atoms with E-state index in [1.807, 2.05) is 76.2 Å². The minimum Gasteiger partial charge on any atom is -0.377 e. The molecular weight excluding hydrogens is 398 g/mol. The van der Waals surface area contributed by atoms with Crippen LogP contribution in [-0.4, -0.2) is 30.8 Å². The number of carbonyl (C=O) groups excluding carboxylic acids is 2.